The summed E-state index contributed by atoms with van der Waals surface area (Å²) < 4.78 is 27.5. The average Bonchev–Trinajstić information content (AvgIpc) is 2.23. The van der Waals surface area contributed by atoms with E-state index in [1.54, 1.807) is 26.8 Å². The van der Waals surface area contributed by atoms with Crippen LogP contribution in [0.3, 0.4) is 0 Å². The zero-order valence-electron chi connectivity index (χ0n) is 11.1. The molecule has 0 unspecified atom stereocenters. The Morgan fingerprint density at radius 3 is 2.53 bits per heavy atom. The second-order valence-electron chi connectivity index (χ2n) is 5.01. The van der Waals surface area contributed by atoms with Crippen molar-refractivity contribution < 1.29 is 17.9 Å². The Kier molecular flexibility index (Phi) is 4.54. The number of benzene rings is 1. The molecule has 0 aliphatic rings. The van der Waals surface area contributed by atoms with Crippen LogP contribution < -0.4 is 10.5 Å². The van der Waals surface area contributed by atoms with Crippen molar-refractivity contribution in [1.82, 2.24) is 0 Å². The van der Waals surface area contributed by atoms with Crippen LogP contribution in [0.2, 0.25) is 0 Å². The van der Waals surface area contributed by atoms with E-state index in [0.29, 0.717) is 5.69 Å². The molecule has 0 aliphatic carbocycles. The molecule has 1 aromatic carbocycles. The van der Waals surface area contributed by atoms with Crippen LogP contribution in [-0.4, -0.2) is 26.5 Å². The third-order valence-electron chi connectivity index (χ3n) is 2.02. The predicted octanol–water partition coefficient (Wildman–Crippen LogP) is 1.09. The summed E-state index contributed by atoms with van der Waals surface area (Å²) in [7, 11) is -3.75. The van der Waals surface area contributed by atoms with Gasteiger partial charge in [-0.2, -0.15) is 0 Å². The van der Waals surface area contributed by atoms with Crippen LogP contribution in [0.25, 0.3) is 0 Å². The Morgan fingerprint density at radius 1 is 1.37 bits per heavy atom. The Bertz CT molecular complexity index is 561. The van der Waals surface area contributed by atoms with Gasteiger partial charge in [0.2, 0.25) is 10.0 Å². The molecule has 0 fully saturated rings. The minimum absolute atomic E-state index is 0.0123. The highest BCUT2D eigenvalue weighted by Crippen LogP contribution is 2.14. The van der Waals surface area contributed by atoms with E-state index in [9.17, 15) is 13.2 Å². The fraction of sp³-hybridized carbons (Fsp3) is 0.417. The third kappa shape index (κ3) is 5.71. The van der Waals surface area contributed by atoms with E-state index in [1.165, 1.54) is 18.2 Å². The lowest BCUT2D eigenvalue weighted by Gasteiger charge is -2.19. The number of rotatable bonds is 4. The highest BCUT2D eigenvalue weighted by Gasteiger charge is 2.16. The Hall–Kier alpha value is -1.60. The van der Waals surface area contributed by atoms with Crippen LogP contribution in [0.5, 0.6) is 0 Å². The second kappa shape index (κ2) is 5.58. The van der Waals surface area contributed by atoms with Crippen molar-refractivity contribution in [1.29, 1.82) is 0 Å². The van der Waals surface area contributed by atoms with E-state index in [1.807, 2.05) is 0 Å². The van der Waals surface area contributed by atoms with E-state index in [2.05, 4.69) is 5.32 Å². The van der Waals surface area contributed by atoms with Crippen LogP contribution >= 0.6 is 0 Å². The molecule has 19 heavy (non-hydrogen) atoms. The fourth-order valence-electron chi connectivity index (χ4n) is 1.33. The number of nitrogens with one attached hydrogen (secondary N) is 1. The lowest BCUT2D eigenvalue weighted by Crippen LogP contribution is -2.28. The monoisotopic (exact) mass is 286 g/mol. The number of hydrogen-bond acceptors (Lipinski definition) is 5. The molecule has 1 aromatic rings. The Labute approximate surface area is 113 Å². The van der Waals surface area contributed by atoms with Crippen molar-refractivity contribution in [2.24, 2.45) is 5.14 Å². The summed E-state index contributed by atoms with van der Waals surface area (Å²) in [5, 5.41) is 7.80. The molecular formula is C12H18N2O4S. The maximum Gasteiger partial charge on any atom is 0.325 e. The third-order valence-corrected chi connectivity index (χ3v) is 2.93. The van der Waals surface area contributed by atoms with Gasteiger partial charge in [0.1, 0.15) is 12.1 Å². The first-order valence-electron chi connectivity index (χ1n) is 5.66. The number of anilines is 1. The second-order valence-corrected chi connectivity index (χ2v) is 6.57. The summed E-state index contributed by atoms with van der Waals surface area (Å²) in [6.45, 7) is 5.26. The van der Waals surface area contributed by atoms with Gasteiger partial charge in [-0.3, -0.25) is 4.79 Å². The van der Waals surface area contributed by atoms with E-state index >= 15 is 0 Å². The van der Waals surface area contributed by atoms with Crippen molar-refractivity contribution >= 4 is 21.7 Å². The van der Waals surface area contributed by atoms with Crippen LogP contribution in [0.4, 0.5) is 5.69 Å². The molecular weight excluding hydrogens is 268 g/mol. The highest BCUT2D eigenvalue weighted by molar-refractivity contribution is 7.89. The number of hydrogen-bond donors (Lipinski definition) is 2. The van der Waals surface area contributed by atoms with Crippen LogP contribution in [0.1, 0.15) is 20.8 Å². The number of sulfonamides is 1. The van der Waals surface area contributed by atoms with Gasteiger partial charge in [-0.15, -0.1) is 0 Å². The number of carbonyl (C=O) groups is 1. The van der Waals surface area contributed by atoms with Gasteiger partial charge in [-0.25, -0.2) is 13.6 Å². The maximum atomic E-state index is 11.5. The lowest BCUT2D eigenvalue weighted by molar-refractivity contribution is -0.152. The largest absolute Gasteiger partial charge is 0.459 e. The summed E-state index contributed by atoms with van der Waals surface area (Å²) in [5.41, 5.74) is -0.0707. The number of primary sulfonamides is 1. The molecule has 3 N–H and O–H groups in total. The van der Waals surface area contributed by atoms with E-state index < -0.39 is 21.6 Å². The molecule has 0 heterocycles. The molecule has 0 saturated heterocycles. The van der Waals surface area contributed by atoms with Crippen molar-refractivity contribution in [2.75, 3.05) is 11.9 Å². The SMILES string of the molecule is CC(C)(C)OC(=O)CNc1cccc(S(N)(=O)=O)c1. The number of nitrogens with two attached hydrogens (primary N) is 1. The molecule has 0 aliphatic heterocycles. The lowest BCUT2D eigenvalue weighted by atomic mass is 10.2. The van der Waals surface area contributed by atoms with Gasteiger partial charge in [0, 0.05) is 5.69 Å². The summed E-state index contributed by atoms with van der Waals surface area (Å²) in [6.07, 6.45) is 0. The normalized spacial score (nSPS) is 12.0. The van der Waals surface area contributed by atoms with Crippen molar-refractivity contribution in [3.63, 3.8) is 0 Å². The number of ether oxygens (including phenoxy) is 1. The maximum absolute atomic E-state index is 11.5. The molecule has 0 bridgehead atoms. The first-order chi connectivity index (χ1) is 8.58. The Balaban J connectivity index is 2.67. The zero-order chi connectivity index (χ0) is 14.7. The molecule has 0 spiro atoms. The summed E-state index contributed by atoms with van der Waals surface area (Å²) in [4.78, 5) is 11.5. The summed E-state index contributed by atoms with van der Waals surface area (Å²) >= 11 is 0. The van der Waals surface area contributed by atoms with Crippen molar-refractivity contribution in [3.8, 4) is 0 Å². The molecule has 1 rings (SSSR count). The molecule has 7 heteroatoms. The van der Waals surface area contributed by atoms with Gasteiger partial charge in [0.25, 0.3) is 0 Å². The van der Waals surface area contributed by atoms with E-state index in [0.717, 1.165) is 0 Å². The number of esters is 1. The quantitative estimate of drug-likeness (QED) is 0.807. The van der Waals surface area contributed by atoms with E-state index in [4.69, 9.17) is 9.88 Å². The minimum atomic E-state index is -3.75. The van der Waals surface area contributed by atoms with Crippen LogP contribution in [0.15, 0.2) is 29.2 Å². The van der Waals surface area contributed by atoms with Gasteiger partial charge in [0.15, 0.2) is 0 Å². The first kappa shape index (κ1) is 15.5. The number of carbonyl (C=O) groups excluding carboxylic acids is 1. The van der Waals surface area contributed by atoms with Crippen molar-refractivity contribution in [2.45, 2.75) is 31.3 Å². The van der Waals surface area contributed by atoms with Gasteiger partial charge < -0.3 is 10.1 Å². The summed E-state index contributed by atoms with van der Waals surface area (Å²) in [6, 6.07) is 5.92. The topological polar surface area (TPSA) is 98.5 Å². The van der Waals surface area contributed by atoms with Gasteiger partial charge >= 0.3 is 5.97 Å². The van der Waals surface area contributed by atoms with Crippen LogP contribution in [-0.2, 0) is 19.6 Å². The standard InChI is InChI=1S/C12H18N2O4S/c1-12(2,3)18-11(15)8-14-9-5-4-6-10(7-9)19(13,16)17/h4-7,14H,8H2,1-3H3,(H2,13,16,17). The molecule has 0 atom stereocenters. The average molecular weight is 286 g/mol. The van der Waals surface area contributed by atoms with Gasteiger partial charge in [-0.1, -0.05) is 6.07 Å². The van der Waals surface area contributed by atoms with E-state index in [-0.39, 0.29) is 11.4 Å². The first-order valence-corrected chi connectivity index (χ1v) is 7.21. The van der Waals surface area contributed by atoms with Crippen LogP contribution in [0, 0.1) is 0 Å². The highest BCUT2D eigenvalue weighted by atomic mass is 32.2. The molecule has 106 valence electrons. The zero-order valence-corrected chi connectivity index (χ0v) is 12.0. The molecule has 0 amide bonds. The summed E-state index contributed by atoms with van der Waals surface area (Å²) in [5.74, 6) is -0.423. The Morgan fingerprint density at radius 2 is 2.00 bits per heavy atom. The smallest absolute Gasteiger partial charge is 0.325 e. The molecule has 6 nitrogen and oxygen atoms in total. The van der Waals surface area contributed by atoms with Gasteiger partial charge in [0.05, 0.1) is 4.90 Å². The van der Waals surface area contributed by atoms with Crippen molar-refractivity contribution in [3.05, 3.63) is 24.3 Å². The fourth-order valence-corrected chi connectivity index (χ4v) is 1.89. The predicted molar refractivity (Wildman–Crippen MR) is 72.1 cm³/mol. The van der Waals surface area contributed by atoms with Gasteiger partial charge in [-0.05, 0) is 39.0 Å². The minimum Gasteiger partial charge on any atom is -0.459 e. The molecule has 0 saturated carbocycles. The molecule has 0 radical (unpaired) electrons. The molecule has 0 aromatic heterocycles.